The lowest BCUT2D eigenvalue weighted by Gasteiger charge is -2.11. The lowest BCUT2D eigenvalue weighted by molar-refractivity contribution is 0.396. The highest BCUT2D eigenvalue weighted by molar-refractivity contribution is 14.0. The summed E-state index contributed by atoms with van der Waals surface area (Å²) in [5.41, 5.74) is 2.21. The van der Waals surface area contributed by atoms with Gasteiger partial charge in [-0.1, -0.05) is 6.07 Å². The summed E-state index contributed by atoms with van der Waals surface area (Å²) in [7, 11) is 3.37. The lowest BCUT2D eigenvalue weighted by Crippen LogP contribution is -2.36. The van der Waals surface area contributed by atoms with Crippen molar-refractivity contribution >= 4 is 41.3 Å². The van der Waals surface area contributed by atoms with Gasteiger partial charge >= 0.3 is 0 Å². The predicted octanol–water partition coefficient (Wildman–Crippen LogP) is 2.94. The summed E-state index contributed by atoms with van der Waals surface area (Å²) >= 11 is 1.75. The second-order valence-electron chi connectivity index (χ2n) is 4.48. The number of nitrogens with zero attached hydrogens (tertiary/aromatic N) is 2. The number of rotatable bonds is 5. The molecule has 0 atom stereocenters. The van der Waals surface area contributed by atoms with E-state index in [1.165, 1.54) is 10.4 Å². The molecule has 2 rings (SSSR count). The van der Waals surface area contributed by atoms with E-state index in [9.17, 15) is 0 Å². The summed E-state index contributed by atoms with van der Waals surface area (Å²) < 4.78 is 5.11. The number of ether oxygens (including phenoxy) is 1. The van der Waals surface area contributed by atoms with Gasteiger partial charge in [0, 0.05) is 18.0 Å². The van der Waals surface area contributed by atoms with Crippen LogP contribution in [-0.2, 0) is 13.1 Å². The Hall–Kier alpha value is -1.35. The van der Waals surface area contributed by atoms with E-state index in [0.717, 1.165) is 18.2 Å². The molecule has 0 fully saturated rings. The van der Waals surface area contributed by atoms with Crippen LogP contribution in [0.2, 0.25) is 0 Å². The second kappa shape index (κ2) is 9.62. The van der Waals surface area contributed by atoms with Crippen molar-refractivity contribution in [3.05, 3.63) is 45.8 Å². The van der Waals surface area contributed by atoms with Gasteiger partial charge in [0.15, 0.2) is 5.96 Å². The number of guanidine groups is 1. The van der Waals surface area contributed by atoms with Crippen LogP contribution in [0.3, 0.4) is 0 Å². The van der Waals surface area contributed by atoms with E-state index >= 15 is 0 Å². The number of nitrogens with one attached hydrogen (secondary N) is 2. The average Bonchev–Trinajstić information content (AvgIpc) is 2.93. The zero-order chi connectivity index (χ0) is 15.1. The number of thiophene rings is 1. The van der Waals surface area contributed by atoms with Crippen molar-refractivity contribution in [2.45, 2.75) is 20.0 Å². The minimum absolute atomic E-state index is 0. The molecular formula is C15H21IN4OS. The van der Waals surface area contributed by atoms with Crippen LogP contribution in [0.1, 0.15) is 16.1 Å². The molecule has 120 valence electrons. The highest BCUT2D eigenvalue weighted by atomic mass is 127. The minimum Gasteiger partial charge on any atom is -0.481 e. The molecule has 0 aliphatic rings. The fourth-order valence-corrected chi connectivity index (χ4v) is 2.66. The highest BCUT2D eigenvalue weighted by Crippen LogP contribution is 2.14. The Labute approximate surface area is 152 Å². The van der Waals surface area contributed by atoms with E-state index in [1.807, 2.05) is 18.2 Å². The Morgan fingerprint density at radius 2 is 2.05 bits per heavy atom. The van der Waals surface area contributed by atoms with E-state index in [2.05, 4.69) is 39.0 Å². The van der Waals surface area contributed by atoms with Gasteiger partial charge in [0.1, 0.15) is 0 Å². The van der Waals surface area contributed by atoms with Gasteiger partial charge in [0.2, 0.25) is 5.88 Å². The van der Waals surface area contributed by atoms with Gasteiger partial charge in [-0.2, -0.15) is 0 Å². The normalized spacial score (nSPS) is 10.8. The molecule has 0 saturated heterocycles. The number of aryl methyl sites for hydroxylation is 1. The first-order valence-corrected chi connectivity index (χ1v) is 7.58. The largest absolute Gasteiger partial charge is 0.481 e. The number of aromatic nitrogens is 1. The van der Waals surface area contributed by atoms with Crippen molar-refractivity contribution in [2.24, 2.45) is 4.99 Å². The van der Waals surface area contributed by atoms with Crippen LogP contribution in [0.25, 0.3) is 0 Å². The van der Waals surface area contributed by atoms with Crippen molar-refractivity contribution in [2.75, 3.05) is 14.2 Å². The fraction of sp³-hybridized carbons (Fsp3) is 0.333. The molecule has 0 aliphatic heterocycles. The molecule has 2 aromatic rings. The van der Waals surface area contributed by atoms with E-state index in [4.69, 9.17) is 4.74 Å². The molecule has 0 amide bonds. The Kier molecular flexibility index (Phi) is 8.18. The maximum atomic E-state index is 5.11. The molecule has 0 bridgehead atoms. The van der Waals surface area contributed by atoms with Gasteiger partial charge in [-0.3, -0.25) is 4.99 Å². The standard InChI is InChI=1S/C15H20N4OS.HI/c1-11-7-8-21-13(11)10-18-15(16-2)17-9-12-5-4-6-14(19-12)20-3;/h4-8H,9-10H2,1-3H3,(H2,16,17,18);1H. The third kappa shape index (κ3) is 5.45. The van der Waals surface area contributed by atoms with Crippen LogP contribution in [-0.4, -0.2) is 25.1 Å². The smallest absolute Gasteiger partial charge is 0.213 e. The molecule has 0 radical (unpaired) electrons. The first kappa shape index (κ1) is 18.7. The quantitative estimate of drug-likeness (QED) is 0.434. The molecule has 0 spiro atoms. The van der Waals surface area contributed by atoms with Crippen LogP contribution >= 0.6 is 35.3 Å². The van der Waals surface area contributed by atoms with Crippen LogP contribution in [0.5, 0.6) is 5.88 Å². The van der Waals surface area contributed by atoms with E-state index in [0.29, 0.717) is 12.4 Å². The molecule has 2 heterocycles. The zero-order valence-electron chi connectivity index (χ0n) is 12.9. The molecule has 7 heteroatoms. The molecule has 0 unspecified atom stereocenters. The maximum Gasteiger partial charge on any atom is 0.213 e. The predicted molar refractivity (Wildman–Crippen MR) is 102 cm³/mol. The molecule has 0 aromatic carbocycles. The number of aliphatic imine (C=N–C) groups is 1. The summed E-state index contributed by atoms with van der Waals surface area (Å²) in [6.45, 7) is 3.48. The molecular weight excluding hydrogens is 411 g/mol. The molecule has 0 aliphatic carbocycles. The monoisotopic (exact) mass is 432 g/mol. The number of pyridine rings is 1. The van der Waals surface area contributed by atoms with Crippen molar-refractivity contribution in [3.8, 4) is 5.88 Å². The van der Waals surface area contributed by atoms with Crippen molar-refractivity contribution in [1.29, 1.82) is 0 Å². The Morgan fingerprint density at radius 3 is 2.68 bits per heavy atom. The maximum absolute atomic E-state index is 5.11. The van der Waals surface area contributed by atoms with Crippen molar-refractivity contribution in [3.63, 3.8) is 0 Å². The number of hydrogen-bond acceptors (Lipinski definition) is 4. The Bertz CT molecular complexity index is 615. The van der Waals surface area contributed by atoms with Crippen LogP contribution < -0.4 is 15.4 Å². The van der Waals surface area contributed by atoms with Gasteiger partial charge in [0.05, 0.1) is 25.9 Å². The summed E-state index contributed by atoms with van der Waals surface area (Å²) in [6, 6.07) is 7.83. The summed E-state index contributed by atoms with van der Waals surface area (Å²) in [4.78, 5) is 9.89. The molecule has 0 saturated carbocycles. The van der Waals surface area contributed by atoms with E-state index in [1.54, 1.807) is 25.5 Å². The third-order valence-electron chi connectivity index (χ3n) is 3.04. The van der Waals surface area contributed by atoms with Crippen molar-refractivity contribution < 1.29 is 4.74 Å². The fourth-order valence-electron chi connectivity index (χ4n) is 1.81. The zero-order valence-corrected chi connectivity index (χ0v) is 16.1. The van der Waals surface area contributed by atoms with Gasteiger partial charge in [-0.05, 0) is 30.0 Å². The van der Waals surface area contributed by atoms with Crippen LogP contribution in [0, 0.1) is 6.92 Å². The second-order valence-corrected chi connectivity index (χ2v) is 5.48. The van der Waals surface area contributed by atoms with E-state index in [-0.39, 0.29) is 24.0 Å². The van der Waals surface area contributed by atoms with Gasteiger partial charge in [-0.15, -0.1) is 35.3 Å². The molecule has 2 N–H and O–H groups in total. The molecule has 5 nitrogen and oxygen atoms in total. The summed E-state index contributed by atoms with van der Waals surface area (Å²) in [6.07, 6.45) is 0. The first-order valence-electron chi connectivity index (χ1n) is 6.70. The lowest BCUT2D eigenvalue weighted by atomic mass is 10.3. The first-order chi connectivity index (χ1) is 10.2. The average molecular weight is 432 g/mol. The summed E-state index contributed by atoms with van der Waals surface area (Å²) in [5, 5.41) is 8.65. The highest BCUT2D eigenvalue weighted by Gasteiger charge is 2.03. The van der Waals surface area contributed by atoms with Crippen LogP contribution in [0.15, 0.2) is 34.6 Å². The van der Waals surface area contributed by atoms with Crippen LogP contribution in [0.4, 0.5) is 0 Å². The molecule has 22 heavy (non-hydrogen) atoms. The van der Waals surface area contributed by atoms with Gasteiger partial charge < -0.3 is 15.4 Å². The third-order valence-corrected chi connectivity index (χ3v) is 4.06. The topological polar surface area (TPSA) is 58.5 Å². The Balaban J connectivity index is 0.00000242. The van der Waals surface area contributed by atoms with Gasteiger partial charge in [0.25, 0.3) is 0 Å². The molecule has 2 aromatic heterocycles. The number of hydrogen-bond donors (Lipinski definition) is 2. The van der Waals surface area contributed by atoms with Gasteiger partial charge in [-0.25, -0.2) is 4.98 Å². The number of methoxy groups -OCH3 is 1. The Morgan fingerprint density at radius 1 is 1.27 bits per heavy atom. The van der Waals surface area contributed by atoms with E-state index < -0.39 is 0 Å². The minimum atomic E-state index is 0. The SMILES string of the molecule is CN=C(NCc1cccc(OC)n1)NCc1sccc1C.I. The number of halogens is 1. The van der Waals surface area contributed by atoms with Crippen molar-refractivity contribution in [1.82, 2.24) is 15.6 Å². The summed E-state index contributed by atoms with van der Waals surface area (Å²) in [5.74, 6) is 1.37.